The minimum absolute atomic E-state index is 0.677. The molecule has 1 saturated heterocycles. The van der Waals surface area contributed by atoms with Crippen molar-refractivity contribution in [2.24, 2.45) is 5.92 Å². The Bertz CT molecular complexity index is 549. The van der Waals surface area contributed by atoms with Crippen LogP contribution in [0, 0.1) is 5.92 Å². The van der Waals surface area contributed by atoms with Crippen molar-refractivity contribution in [1.29, 1.82) is 0 Å². The first-order valence-corrected chi connectivity index (χ1v) is 7.32. The molecule has 3 heteroatoms. The van der Waals surface area contributed by atoms with Crippen LogP contribution in [0.15, 0.2) is 42.5 Å². The summed E-state index contributed by atoms with van der Waals surface area (Å²) < 4.78 is 11.1. The van der Waals surface area contributed by atoms with E-state index in [1.165, 1.54) is 17.2 Å². The standard InChI is InChI=1S/C17H21NO2/c1-2-4-16-11-17(6-5-15(16)3-1)20-10-8-18-12-14-7-9-19-13-14/h1-6,11,14,18H,7-10,12-13H2. The van der Waals surface area contributed by atoms with E-state index in [9.17, 15) is 0 Å². The third kappa shape index (κ3) is 3.50. The highest BCUT2D eigenvalue weighted by Gasteiger charge is 2.14. The first-order chi connectivity index (χ1) is 9.92. The number of ether oxygens (including phenoxy) is 2. The summed E-state index contributed by atoms with van der Waals surface area (Å²) in [6, 6.07) is 14.6. The second kappa shape index (κ2) is 6.73. The van der Waals surface area contributed by atoms with E-state index >= 15 is 0 Å². The van der Waals surface area contributed by atoms with Gasteiger partial charge in [-0.25, -0.2) is 0 Å². The maximum Gasteiger partial charge on any atom is 0.120 e. The maximum absolute atomic E-state index is 5.79. The monoisotopic (exact) mass is 271 g/mol. The molecule has 0 radical (unpaired) electrons. The summed E-state index contributed by atoms with van der Waals surface area (Å²) in [6.45, 7) is 4.43. The van der Waals surface area contributed by atoms with Crippen LogP contribution in [0.3, 0.4) is 0 Å². The van der Waals surface area contributed by atoms with E-state index in [4.69, 9.17) is 9.47 Å². The third-order valence-corrected chi connectivity index (χ3v) is 3.73. The van der Waals surface area contributed by atoms with Gasteiger partial charge in [0.2, 0.25) is 0 Å². The molecule has 106 valence electrons. The van der Waals surface area contributed by atoms with E-state index in [1.54, 1.807) is 0 Å². The molecule has 2 aromatic rings. The Morgan fingerprint density at radius 3 is 2.90 bits per heavy atom. The van der Waals surface area contributed by atoms with E-state index in [0.29, 0.717) is 12.5 Å². The van der Waals surface area contributed by atoms with Crippen LogP contribution in [0.2, 0.25) is 0 Å². The minimum Gasteiger partial charge on any atom is -0.492 e. The number of hydrogen-bond donors (Lipinski definition) is 1. The van der Waals surface area contributed by atoms with Crippen molar-refractivity contribution in [3.05, 3.63) is 42.5 Å². The molecule has 0 saturated carbocycles. The van der Waals surface area contributed by atoms with Gasteiger partial charge in [0.25, 0.3) is 0 Å². The fraction of sp³-hybridized carbons (Fsp3) is 0.412. The zero-order valence-electron chi connectivity index (χ0n) is 11.7. The molecule has 0 bridgehead atoms. The quantitative estimate of drug-likeness (QED) is 0.820. The molecule has 1 unspecified atom stereocenters. The summed E-state index contributed by atoms with van der Waals surface area (Å²) in [7, 11) is 0. The number of benzene rings is 2. The van der Waals surface area contributed by atoms with E-state index < -0.39 is 0 Å². The summed E-state index contributed by atoms with van der Waals surface area (Å²) in [5.41, 5.74) is 0. The Morgan fingerprint density at radius 2 is 2.05 bits per heavy atom. The summed E-state index contributed by atoms with van der Waals surface area (Å²) in [5, 5.41) is 5.90. The van der Waals surface area contributed by atoms with Gasteiger partial charge in [-0.05, 0) is 35.2 Å². The van der Waals surface area contributed by atoms with Crippen LogP contribution in [-0.2, 0) is 4.74 Å². The Balaban J connectivity index is 1.42. The fourth-order valence-electron chi connectivity index (χ4n) is 2.55. The van der Waals surface area contributed by atoms with Crippen LogP contribution in [0.4, 0.5) is 0 Å². The van der Waals surface area contributed by atoms with Crippen molar-refractivity contribution >= 4 is 10.8 Å². The highest BCUT2D eigenvalue weighted by molar-refractivity contribution is 5.83. The topological polar surface area (TPSA) is 30.5 Å². The van der Waals surface area contributed by atoms with E-state index in [0.717, 1.165) is 32.1 Å². The lowest BCUT2D eigenvalue weighted by Crippen LogP contribution is -2.27. The van der Waals surface area contributed by atoms with Gasteiger partial charge in [-0.1, -0.05) is 30.3 Å². The second-order valence-electron chi connectivity index (χ2n) is 5.29. The van der Waals surface area contributed by atoms with Crippen molar-refractivity contribution in [3.8, 4) is 5.75 Å². The van der Waals surface area contributed by atoms with Crippen molar-refractivity contribution in [3.63, 3.8) is 0 Å². The lowest BCUT2D eigenvalue weighted by atomic mass is 10.1. The van der Waals surface area contributed by atoms with Gasteiger partial charge in [-0.15, -0.1) is 0 Å². The predicted octanol–water partition coefficient (Wildman–Crippen LogP) is 2.84. The first-order valence-electron chi connectivity index (χ1n) is 7.32. The van der Waals surface area contributed by atoms with Gasteiger partial charge < -0.3 is 14.8 Å². The average molecular weight is 271 g/mol. The molecule has 1 atom stereocenters. The molecule has 1 heterocycles. The SMILES string of the molecule is c1ccc2cc(OCCNCC3CCOC3)ccc2c1. The molecule has 0 spiro atoms. The van der Waals surface area contributed by atoms with Crippen molar-refractivity contribution in [2.45, 2.75) is 6.42 Å². The van der Waals surface area contributed by atoms with Crippen molar-refractivity contribution in [1.82, 2.24) is 5.32 Å². The van der Waals surface area contributed by atoms with Crippen LogP contribution < -0.4 is 10.1 Å². The molecular weight excluding hydrogens is 250 g/mol. The van der Waals surface area contributed by atoms with Crippen LogP contribution >= 0.6 is 0 Å². The van der Waals surface area contributed by atoms with E-state index in [-0.39, 0.29) is 0 Å². The van der Waals surface area contributed by atoms with E-state index in [1.807, 2.05) is 6.07 Å². The van der Waals surface area contributed by atoms with Crippen LogP contribution in [-0.4, -0.2) is 32.9 Å². The predicted molar refractivity (Wildman–Crippen MR) is 81.2 cm³/mol. The maximum atomic E-state index is 5.79. The van der Waals surface area contributed by atoms with Crippen molar-refractivity contribution < 1.29 is 9.47 Å². The minimum atomic E-state index is 0.677. The van der Waals surface area contributed by atoms with Gasteiger partial charge in [0.05, 0.1) is 6.61 Å². The van der Waals surface area contributed by atoms with Gasteiger partial charge in [-0.2, -0.15) is 0 Å². The Kier molecular flexibility index (Phi) is 4.51. The number of fused-ring (bicyclic) bond motifs is 1. The molecule has 20 heavy (non-hydrogen) atoms. The van der Waals surface area contributed by atoms with E-state index in [2.05, 4.69) is 41.7 Å². The van der Waals surface area contributed by atoms with Crippen LogP contribution in [0.1, 0.15) is 6.42 Å². The zero-order chi connectivity index (χ0) is 13.6. The highest BCUT2D eigenvalue weighted by atomic mass is 16.5. The van der Waals surface area contributed by atoms with Crippen LogP contribution in [0.25, 0.3) is 10.8 Å². The molecule has 3 rings (SSSR count). The first kappa shape index (κ1) is 13.4. The average Bonchev–Trinajstić information content (AvgIpc) is 3.00. The number of rotatable bonds is 6. The zero-order valence-corrected chi connectivity index (χ0v) is 11.7. The van der Waals surface area contributed by atoms with Gasteiger partial charge >= 0.3 is 0 Å². The fourth-order valence-corrected chi connectivity index (χ4v) is 2.55. The molecule has 2 aromatic carbocycles. The second-order valence-corrected chi connectivity index (χ2v) is 5.29. The van der Waals surface area contributed by atoms with Crippen LogP contribution in [0.5, 0.6) is 5.75 Å². The number of nitrogens with one attached hydrogen (secondary N) is 1. The molecule has 1 aliphatic heterocycles. The molecular formula is C17H21NO2. The largest absolute Gasteiger partial charge is 0.492 e. The molecule has 0 aromatic heterocycles. The van der Waals surface area contributed by atoms with Gasteiger partial charge in [-0.3, -0.25) is 0 Å². The normalized spacial score (nSPS) is 18.5. The summed E-state index contributed by atoms with van der Waals surface area (Å²) in [4.78, 5) is 0. The molecule has 1 aliphatic rings. The molecule has 1 N–H and O–H groups in total. The third-order valence-electron chi connectivity index (χ3n) is 3.73. The summed E-state index contributed by atoms with van der Waals surface area (Å²) >= 11 is 0. The molecule has 1 fully saturated rings. The Labute approximate surface area is 119 Å². The van der Waals surface area contributed by atoms with Gasteiger partial charge in [0.15, 0.2) is 0 Å². The summed E-state index contributed by atoms with van der Waals surface area (Å²) in [6.07, 6.45) is 1.18. The van der Waals surface area contributed by atoms with Gasteiger partial charge in [0.1, 0.15) is 12.4 Å². The molecule has 3 nitrogen and oxygen atoms in total. The highest BCUT2D eigenvalue weighted by Crippen LogP contribution is 2.20. The molecule has 0 aliphatic carbocycles. The smallest absolute Gasteiger partial charge is 0.120 e. The lowest BCUT2D eigenvalue weighted by Gasteiger charge is -2.10. The van der Waals surface area contributed by atoms with Crippen molar-refractivity contribution in [2.75, 3.05) is 32.9 Å². The summed E-state index contributed by atoms with van der Waals surface area (Å²) in [5.74, 6) is 1.62. The molecule has 0 amide bonds. The Hall–Kier alpha value is -1.58. The Morgan fingerprint density at radius 1 is 1.15 bits per heavy atom. The van der Waals surface area contributed by atoms with Gasteiger partial charge in [0, 0.05) is 19.7 Å². The lowest BCUT2D eigenvalue weighted by molar-refractivity contribution is 0.185. The number of hydrogen-bond acceptors (Lipinski definition) is 3.